The number of aliphatic imine (C=N–C) groups is 1. The highest BCUT2D eigenvalue weighted by Crippen LogP contribution is 2.13. The molecule has 1 rings (SSSR count). The second-order valence-corrected chi connectivity index (χ2v) is 4.09. The van der Waals surface area contributed by atoms with E-state index < -0.39 is 0 Å². The minimum Gasteiger partial charge on any atom is -0.481 e. The van der Waals surface area contributed by atoms with Gasteiger partial charge < -0.3 is 4.74 Å². The summed E-state index contributed by atoms with van der Waals surface area (Å²) >= 11 is 0. The Morgan fingerprint density at radius 2 is 1.88 bits per heavy atom. The van der Waals surface area contributed by atoms with E-state index in [0.29, 0.717) is 11.8 Å². The lowest BCUT2D eigenvalue weighted by molar-refractivity contribution is 0.407. The Bertz CT molecular complexity index is 374. The van der Waals surface area contributed by atoms with Gasteiger partial charge in [-0.15, -0.1) is 0 Å². The van der Waals surface area contributed by atoms with E-state index >= 15 is 0 Å². The summed E-state index contributed by atoms with van der Waals surface area (Å²) in [4.78, 5) is 4.40. The van der Waals surface area contributed by atoms with Crippen LogP contribution in [0.3, 0.4) is 0 Å². The molecule has 2 nitrogen and oxygen atoms in total. The fourth-order valence-corrected chi connectivity index (χ4v) is 1.17. The van der Waals surface area contributed by atoms with Crippen molar-refractivity contribution in [1.29, 1.82) is 0 Å². The number of methoxy groups -OCH3 is 1. The molecule has 86 valence electrons. The zero-order valence-corrected chi connectivity index (χ0v) is 10.4. The van der Waals surface area contributed by atoms with Crippen molar-refractivity contribution < 1.29 is 4.74 Å². The topological polar surface area (TPSA) is 21.6 Å². The Morgan fingerprint density at radius 1 is 1.25 bits per heavy atom. The first-order valence-corrected chi connectivity index (χ1v) is 5.49. The van der Waals surface area contributed by atoms with Crippen LogP contribution in [-0.2, 0) is 4.74 Å². The van der Waals surface area contributed by atoms with E-state index in [9.17, 15) is 0 Å². The average molecular weight is 217 g/mol. The van der Waals surface area contributed by atoms with Crippen molar-refractivity contribution in [2.75, 3.05) is 7.11 Å². The van der Waals surface area contributed by atoms with Crippen LogP contribution in [0.2, 0.25) is 0 Å². The molecule has 0 saturated heterocycles. The quantitative estimate of drug-likeness (QED) is 0.556. The van der Waals surface area contributed by atoms with Crippen molar-refractivity contribution in [3.8, 4) is 0 Å². The molecule has 0 radical (unpaired) electrons. The maximum Gasteiger partial charge on any atom is 0.213 e. The lowest BCUT2D eigenvalue weighted by Gasteiger charge is -2.01. The van der Waals surface area contributed by atoms with Crippen LogP contribution in [0.25, 0.3) is 0 Å². The van der Waals surface area contributed by atoms with Crippen LogP contribution in [0.5, 0.6) is 0 Å². The predicted octanol–water partition coefficient (Wildman–Crippen LogP) is 3.88. The van der Waals surface area contributed by atoms with Gasteiger partial charge in [0.2, 0.25) is 5.90 Å². The molecule has 1 aromatic rings. The van der Waals surface area contributed by atoms with Gasteiger partial charge in [0.15, 0.2) is 0 Å². The molecule has 0 fully saturated rings. The summed E-state index contributed by atoms with van der Waals surface area (Å²) in [6.07, 6.45) is 3.97. The number of aryl methyl sites for hydroxylation is 1. The normalized spacial score (nSPS) is 12.4. The van der Waals surface area contributed by atoms with E-state index in [0.717, 1.165) is 5.69 Å². The predicted molar refractivity (Wildman–Crippen MR) is 69.3 cm³/mol. The first kappa shape index (κ1) is 12.5. The molecule has 0 aliphatic heterocycles. The monoisotopic (exact) mass is 217 g/mol. The summed E-state index contributed by atoms with van der Waals surface area (Å²) in [7, 11) is 1.64. The van der Waals surface area contributed by atoms with E-state index in [1.54, 1.807) is 7.11 Å². The Kier molecular flexibility index (Phi) is 4.77. The fourth-order valence-electron chi connectivity index (χ4n) is 1.17. The number of rotatable bonds is 3. The third kappa shape index (κ3) is 4.30. The number of allylic oxidation sites excluding steroid dienone is 1. The molecule has 0 spiro atoms. The molecule has 0 atom stereocenters. The number of nitrogens with zero attached hydrogens (tertiary/aromatic N) is 1. The highest BCUT2D eigenvalue weighted by molar-refractivity contribution is 5.89. The van der Waals surface area contributed by atoms with E-state index in [1.807, 2.05) is 30.3 Å². The van der Waals surface area contributed by atoms with Gasteiger partial charge in [-0.25, -0.2) is 4.99 Å². The highest BCUT2D eigenvalue weighted by atomic mass is 16.5. The highest BCUT2D eigenvalue weighted by Gasteiger charge is 1.95. The van der Waals surface area contributed by atoms with Crippen LogP contribution < -0.4 is 0 Å². The maximum atomic E-state index is 5.20. The molecule has 0 unspecified atom stereocenters. The fraction of sp³-hybridized carbons (Fsp3) is 0.357. The number of hydrogen-bond acceptors (Lipinski definition) is 2. The van der Waals surface area contributed by atoms with E-state index in [1.165, 1.54) is 5.56 Å². The second kappa shape index (κ2) is 6.11. The minimum atomic E-state index is 0.498. The van der Waals surface area contributed by atoms with Gasteiger partial charge in [0, 0.05) is 0 Å². The molecule has 0 saturated carbocycles. The summed E-state index contributed by atoms with van der Waals surface area (Å²) in [6, 6.07) is 8.05. The van der Waals surface area contributed by atoms with E-state index in [-0.39, 0.29) is 0 Å². The van der Waals surface area contributed by atoms with Gasteiger partial charge in [-0.1, -0.05) is 37.6 Å². The van der Waals surface area contributed by atoms with Gasteiger partial charge in [-0.05, 0) is 31.1 Å². The smallest absolute Gasteiger partial charge is 0.213 e. The van der Waals surface area contributed by atoms with Crippen LogP contribution in [0.4, 0.5) is 5.69 Å². The van der Waals surface area contributed by atoms with Gasteiger partial charge in [0.05, 0.1) is 12.8 Å². The van der Waals surface area contributed by atoms with Crippen LogP contribution in [0.15, 0.2) is 41.4 Å². The molecular formula is C14H19NO. The van der Waals surface area contributed by atoms with Gasteiger partial charge in [0.1, 0.15) is 0 Å². The Hall–Kier alpha value is -1.57. The zero-order valence-electron chi connectivity index (χ0n) is 10.4. The molecule has 1 aromatic carbocycles. The van der Waals surface area contributed by atoms with Gasteiger partial charge in [-0.3, -0.25) is 0 Å². The van der Waals surface area contributed by atoms with Gasteiger partial charge >= 0.3 is 0 Å². The van der Waals surface area contributed by atoms with Crippen molar-refractivity contribution in [3.05, 3.63) is 42.0 Å². The third-order valence-corrected chi connectivity index (χ3v) is 2.11. The summed E-state index contributed by atoms with van der Waals surface area (Å²) in [5.74, 6) is 1.14. The van der Waals surface area contributed by atoms with Crippen LogP contribution in [0.1, 0.15) is 19.4 Å². The third-order valence-electron chi connectivity index (χ3n) is 2.11. The Morgan fingerprint density at radius 3 is 2.38 bits per heavy atom. The molecule has 0 aliphatic carbocycles. The van der Waals surface area contributed by atoms with Crippen molar-refractivity contribution >= 4 is 11.6 Å². The van der Waals surface area contributed by atoms with Crippen LogP contribution in [0, 0.1) is 12.8 Å². The number of benzene rings is 1. The van der Waals surface area contributed by atoms with Crippen LogP contribution in [-0.4, -0.2) is 13.0 Å². The standard InChI is InChI=1S/C14H19NO/c1-11(2)5-10-14(16-4)15-13-8-6-12(3)7-9-13/h5-11H,1-4H3/b10-5+,15-14?. The Labute approximate surface area is 97.7 Å². The molecule has 0 bridgehead atoms. The summed E-state index contributed by atoms with van der Waals surface area (Å²) in [6.45, 7) is 6.30. The Balaban J connectivity index is 2.83. The minimum absolute atomic E-state index is 0.498. The SMILES string of the molecule is COC(/C=C/C(C)C)=Nc1ccc(C)cc1. The van der Waals surface area contributed by atoms with E-state index in [4.69, 9.17) is 4.74 Å². The molecule has 16 heavy (non-hydrogen) atoms. The molecule has 0 aliphatic rings. The molecular weight excluding hydrogens is 198 g/mol. The van der Waals surface area contributed by atoms with Gasteiger partial charge in [-0.2, -0.15) is 0 Å². The first-order chi connectivity index (χ1) is 7.61. The molecule has 0 heterocycles. The zero-order chi connectivity index (χ0) is 12.0. The van der Waals surface area contributed by atoms with E-state index in [2.05, 4.69) is 31.8 Å². The number of ether oxygens (including phenoxy) is 1. The molecule has 0 amide bonds. The van der Waals surface area contributed by atoms with Crippen molar-refractivity contribution in [1.82, 2.24) is 0 Å². The van der Waals surface area contributed by atoms with Crippen molar-refractivity contribution in [2.24, 2.45) is 10.9 Å². The number of hydrogen-bond donors (Lipinski definition) is 0. The molecule has 0 N–H and O–H groups in total. The maximum absolute atomic E-state index is 5.20. The first-order valence-electron chi connectivity index (χ1n) is 5.49. The average Bonchev–Trinajstić information content (AvgIpc) is 2.26. The van der Waals surface area contributed by atoms with Gasteiger partial charge in [0.25, 0.3) is 0 Å². The molecule has 0 aromatic heterocycles. The largest absolute Gasteiger partial charge is 0.481 e. The van der Waals surface area contributed by atoms with Crippen molar-refractivity contribution in [3.63, 3.8) is 0 Å². The lowest BCUT2D eigenvalue weighted by Crippen LogP contribution is -1.96. The summed E-state index contributed by atoms with van der Waals surface area (Å²) < 4.78 is 5.20. The molecule has 2 heteroatoms. The second-order valence-electron chi connectivity index (χ2n) is 4.09. The van der Waals surface area contributed by atoms with Crippen LogP contribution >= 0.6 is 0 Å². The summed E-state index contributed by atoms with van der Waals surface area (Å²) in [5, 5.41) is 0. The summed E-state index contributed by atoms with van der Waals surface area (Å²) in [5.41, 5.74) is 2.14. The lowest BCUT2D eigenvalue weighted by atomic mass is 10.2. The van der Waals surface area contributed by atoms with Crippen molar-refractivity contribution in [2.45, 2.75) is 20.8 Å².